The van der Waals surface area contributed by atoms with Gasteiger partial charge in [-0.05, 0) is 67.1 Å². The largest absolute Gasteiger partial charge is 0.351 e. The molecule has 7 heteroatoms. The number of carbonyl (C=O) groups is 1. The van der Waals surface area contributed by atoms with Crippen LogP contribution in [0.4, 0.5) is 0 Å². The number of halogens is 1. The van der Waals surface area contributed by atoms with Gasteiger partial charge in [-0.3, -0.25) is 4.79 Å². The van der Waals surface area contributed by atoms with Gasteiger partial charge in [-0.1, -0.05) is 70.0 Å². The standard InChI is InChI=1S/C26H27BrN2O3S/c1-17-11-18(2)25(19(3)12-17)33(31,32)29-16-22-9-5-4-8-21(22)14-24(29)26(30)28-15-20-7-6-10-23(27)13-20/h4-13,24H,14-16H2,1-3H3,(H,28,30). The molecule has 0 saturated carbocycles. The lowest BCUT2D eigenvalue weighted by Gasteiger charge is -2.35. The van der Waals surface area contributed by atoms with Gasteiger partial charge in [0.25, 0.3) is 0 Å². The molecule has 0 fully saturated rings. The summed E-state index contributed by atoms with van der Waals surface area (Å²) in [6, 6.07) is 18.3. The van der Waals surface area contributed by atoms with Gasteiger partial charge in [0.15, 0.2) is 0 Å². The lowest BCUT2D eigenvalue weighted by Crippen LogP contribution is -2.52. The normalized spacial score (nSPS) is 16.3. The Balaban J connectivity index is 1.70. The third-order valence-electron chi connectivity index (χ3n) is 6.04. The molecule has 1 N–H and O–H groups in total. The molecule has 1 aliphatic rings. The SMILES string of the molecule is Cc1cc(C)c(S(=O)(=O)N2Cc3ccccc3CC2C(=O)NCc2cccc(Br)c2)c(C)c1. The molecule has 1 unspecified atom stereocenters. The van der Waals surface area contributed by atoms with Gasteiger partial charge in [0.2, 0.25) is 15.9 Å². The summed E-state index contributed by atoms with van der Waals surface area (Å²) < 4.78 is 30.1. The van der Waals surface area contributed by atoms with Crippen LogP contribution in [0.25, 0.3) is 0 Å². The van der Waals surface area contributed by atoms with E-state index >= 15 is 0 Å². The quantitative estimate of drug-likeness (QED) is 0.518. The van der Waals surface area contributed by atoms with Gasteiger partial charge in [0, 0.05) is 17.6 Å². The fraction of sp³-hybridized carbons (Fsp3) is 0.269. The number of amides is 1. The molecule has 0 aromatic heterocycles. The summed E-state index contributed by atoms with van der Waals surface area (Å²) in [7, 11) is -3.90. The number of nitrogens with zero attached hydrogens (tertiary/aromatic N) is 1. The molecule has 0 spiro atoms. The molecule has 0 bridgehead atoms. The maximum absolute atomic E-state index is 13.9. The first-order valence-electron chi connectivity index (χ1n) is 10.9. The Morgan fingerprint density at radius 1 is 1.00 bits per heavy atom. The predicted molar refractivity (Wildman–Crippen MR) is 133 cm³/mol. The Kier molecular flexibility index (Phi) is 6.75. The average molecular weight is 527 g/mol. The Hall–Kier alpha value is -2.48. The van der Waals surface area contributed by atoms with Crippen molar-refractivity contribution in [2.24, 2.45) is 0 Å². The summed E-state index contributed by atoms with van der Waals surface area (Å²) in [6.45, 7) is 6.07. The van der Waals surface area contributed by atoms with Crippen LogP contribution in [0.2, 0.25) is 0 Å². The van der Waals surface area contributed by atoms with E-state index in [1.165, 1.54) is 4.31 Å². The molecule has 3 aromatic rings. The number of hydrogen-bond donors (Lipinski definition) is 1. The van der Waals surface area contributed by atoms with Gasteiger partial charge in [0.1, 0.15) is 6.04 Å². The van der Waals surface area contributed by atoms with Crippen LogP contribution in [0.5, 0.6) is 0 Å². The Bertz CT molecular complexity index is 1300. The number of nitrogens with one attached hydrogen (secondary N) is 1. The van der Waals surface area contributed by atoms with E-state index in [4.69, 9.17) is 0 Å². The molecule has 1 heterocycles. The highest BCUT2D eigenvalue weighted by Gasteiger charge is 2.40. The zero-order chi connectivity index (χ0) is 23.8. The lowest BCUT2D eigenvalue weighted by molar-refractivity contribution is -0.125. The maximum Gasteiger partial charge on any atom is 0.244 e. The van der Waals surface area contributed by atoms with Crippen LogP contribution in [0, 0.1) is 20.8 Å². The molecular weight excluding hydrogens is 500 g/mol. The van der Waals surface area contributed by atoms with Crippen LogP contribution in [0.15, 0.2) is 70.0 Å². The first-order chi connectivity index (χ1) is 15.7. The van der Waals surface area contributed by atoms with Crippen molar-refractivity contribution in [3.63, 3.8) is 0 Å². The summed E-state index contributed by atoms with van der Waals surface area (Å²) in [5.41, 5.74) is 5.27. The van der Waals surface area contributed by atoms with E-state index in [0.29, 0.717) is 24.1 Å². The van der Waals surface area contributed by atoms with Gasteiger partial charge >= 0.3 is 0 Å². The van der Waals surface area contributed by atoms with Gasteiger partial charge in [-0.2, -0.15) is 4.31 Å². The van der Waals surface area contributed by atoms with Gasteiger partial charge in [-0.25, -0.2) is 8.42 Å². The summed E-state index contributed by atoms with van der Waals surface area (Å²) in [4.78, 5) is 13.6. The maximum atomic E-state index is 13.9. The third-order valence-corrected chi connectivity index (χ3v) is 8.69. The lowest BCUT2D eigenvalue weighted by atomic mass is 9.95. The summed E-state index contributed by atoms with van der Waals surface area (Å²) in [6.07, 6.45) is 0.337. The second kappa shape index (κ2) is 9.41. The zero-order valence-corrected chi connectivity index (χ0v) is 21.3. The van der Waals surface area contributed by atoms with Crippen molar-refractivity contribution in [3.8, 4) is 0 Å². The number of aryl methyl sites for hydroxylation is 3. The van der Waals surface area contributed by atoms with Crippen molar-refractivity contribution in [3.05, 3.63) is 98.5 Å². The molecule has 4 rings (SSSR count). The molecule has 0 radical (unpaired) electrons. The molecule has 0 saturated heterocycles. The fourth-order valence-corrected chi connectivity index (χ4v) is 7.05. The predicted octanol–water partition coefficient (Wildman–Crippen LogP) is 4.81. The zero-order valence-electron chi connectivity index (χ0n) is 18.9. The Morgan fingerprint density at radius 2 is 1.67 bits per heavy atom. The minimum Gasteiger partial charge on any atom is -0.351 e. The smallest absolute Gasteiger partial charge is 0.244 e. The van der Waals surface area contributed by atoms with Crippen LogP contribution in [-0.2, 0) is 34.3 Å². The van der Waals surface area contributed by atoms with Crippen molar-refractivity contribution in [1.82, 2.24) is 9.62 Å². The highest BCUT2D eigenvalue weighted by atomic mass is 79.9. The van der Waals surface area contributed by atoms with E-state index in [1.54, 1.807) is 0 Å². The van der Waals surface area contributed by atoms with Crippen LogP contribution in [-0.4, -0.2) is 24.7 Å². The molecule has 1 atom stereocenters. The van der Waals surface area contributed by atoms with E-state index in [9.17, 15) is 13.2 Å². The molecule has 33 heavy (non-hydrogen) atoms. The van der Waals surface area contributed by atoms with Gasteiger partial charge < -0.3 is 5.32 Å². The highest BCUT2D eigenvalue weighted by molar-refractivity contribution is 9.10. The number of sulfonamides is 1. The Labute approximate surface area is 204 Å². The van der Waals surface area contributed by atoms with Crippen molar-refractivity contribution in [2.45, 2.75) is 51.2 Å². The highest BCUT2D eigenvalue weighted by Crippen LogP contribution is 2.32. The van der Waals surface area contributed by atoms with E-state index in [-0.39, 0.29) is 17.3 Å². The van der Waals surface area contributed by atoms with Crippen LogP contribution >= 0.6 is 15.9 Å². The van der Waals surface area contributed by atoms with Gasteiger partial charge in [0.05, 0.1) is 4.90 Å². The monoisotopic (exact) mass is 526 g/mol. The molecular formula is C26H27BrN2O3S. The van der Waals surface area contributed by atoms with Crippen LogP contribution in [0.3, 0.4) is 0 Å². The molecule has 0 aliphatic carbocycles. The first-order valence-corrected chi connectivity index (χ1v) is 13.1. The molecule has 3 aromatic carbocycles. The van der Waals surface area contributed by atoms with Crippen LogP contribution < -0.4 is 5.32 Å². The van der Waals surface area contributed by atoms with Crippen molar-refractivity contribution < 1.29 is 13.2 Å². The van der Waals surface area contributed by atoms with Gasteiger partial charge in [-0.15, -0.1) is 0 Å². The van der Waals surface area contributed by atoms with E-state index < -0.39 is 16.1 Å². The summed E-state index contributed by atoms with van der Waals surface area (Å²) in [5, 5.41) is 2.95. The van der Waals surface area contributed by atoms with E-state index in [0.717, 1.165) is 26.7 Å². The number of benzene rings is 3. The molecule has 1 aliphatic heterocycles. The van der Waals surface area contributed by atoms with Crippen molar-refractivity contribution in [2.75, 3.05) is 0 Å². The van der Waals surface area contributed by atoms with Crippen molar-refractivity contribution >= 4 is 31.9 Å². The minimum atomic E-state index is -3.90. The molecule has 172 valence electrons. The number of carbonyl (C=O) groups excluding carboxylic acids is 1. The second-order valence-corrected chi connectivity index (χ2v) is 11.4. The number of rotatable bonds is 5. The average Bonchev–Trinajstić information content (AvgIpc) is 2.75. The number of fused-ring (bicyclic) bond motifs is 1. The topological polar surface area (TPSA) is 66.5 Å². The fourth-order valence-electron chi connectivity index (χ4n) is 4.62. The number of hydrogen-bond acceptors (Lipinski definition) is 3. The Morgan fingerprint density at radius 3 is 2.33 bits per heavy atom. The van der Waals surface area contributed by atoms with Crippen LogP contribution in [0.1, 0.15) is 33.4 Å². The van der Waals surface area contributed by atoms with E-state index in [2.05, 4.69) is 21.2 Å². The molecule has 1 amide bonds. The van der Waals surface area contributed by atoms with Crippen molar-refractivity contribution in [1.29, 1.82) is 0 Å². The van der Waals surface area contributed by atoms with E-state index in [1.807, 2.05) is 81.4 Å². The minimum absolute atomic E-state index is 0.167. The first kappa shape index (κ1) is 23.7. The summed E-state index contributed by atoms with van der Waals surface area (Å²) in [5.74, 6) is -0.296. The third kappa shape index (κ3) is 4.90. The molecule has 5 nitrogen and oxygen atoms in total. The second-order valence-electron chi connectivity index (χ2n) is 8.61. The summed E-state index contributed by atoms with van der Waals surface area (Å²) >= 11 is 3.44.